The van der Waals surface area contributed by atoms with E-state index in [1.165, 1.54) is 0 Å². The molecule has 4 rings (SSSR count). The van der Waals surface area contributed by atoms with Crippen LogP contribution in [0.4, 0.5) is 0 Å². The van der Waals surface area contributed by atoms with E-state index in [9.17, 15) is 15.3 Å². The number of nitrogens with zero attached hydrogens (tertiary/aromatic N) is 5. The van der Waals surface area contributed by atoms with E-state index in [-0.39, 0.29) is 28.6 Å². The molecule has 2 heterocycles. The summed E-state index contributed by atoms with van der Waals surface area (Å²) in [5, 5.41) is 21.8. The normalized spacial score (nSPS) is 27.1. The van der Waals surface area contributed by atoms with Crippen LogP contribution in [0.5, 0.6) is 0 Å². The Kier molecular flexibility index (Phi) is 5.02. The molecule has 1 amide bonds. The van der Waals surface area contributed by atoms with Crippen molar-refractivity contribution in [1.82, 2.24) is 20.2 Å². The SMILES string of the molecule is CC1(C)C2CCC1(C(=O)NCCCN1CCOCC1)c1nc(C#N)c(C#N)nc12. The minimum atomic E-state index is -0.793. The Bertz CT molecular complexity index is 909. The van der Waals surface area contributed by atoms with Crippen molar-refractivity contribution in [3.05, 3.63) is 22.8 Å². The molecule has 2 fully saturated rings. The van der Waals surface area contributed by atoms with Crippen molar-refractivity contribution < 1.29 is 9.53 Å². The second-order valence-electron chi connectivity index (χ2n) is 8.66. The second kappa shape index (κ2) is 7.37. The lowest BCUT2D eigenvalue weighted by Crippen LogP contribution is -2.50. The van der Waals surface area contributed by atoms with Crippen molar-refractivity contribution >= 4 is 5.91 Å². The Labute approximate surface area is 170 Å². The highest BCUT2D eigenvalue weighted by Crippen LogP contribution is 2.67. The highest BCUT2D eigenvalue weighted by molar-refractivity contribution is 5.91. The zero-order chi connectivity index (χ0) is 20.6. The van der Waals surface area contributed by atoms with Crippen molar-refractivity contribution in [3.8, 4) is 12.1 Å². The molecule has 0 aromatic carbocycles. The molecule has 0 radical (unpaired) electrons. The molecule has 29 heavy (non-hydrogen) atoms. The smallest absolute Gasteiger partial charge is 0.232 e. The van der Waals surface area contributed by atoms with Crippen molar-refractivity contribution in [2.24, 2.45) is 5.41 Å². The fourth-order valence-electron chi connectivity index (χ4n) is 5.40. The van der Waals surface area contributed by atoms with E-state index in [0.717, 1.165) is 51.4 Å². The van der Waals surface area contributed by atoms with Gasteiger partial charge in [-0.25, -0.2) is 9.97 Å². The van der Waals surface area contributed by atoms with Gasteiger partial charge in [-0.05, 0) is 31.2 Å². The second-order valence-corrected chi connectivity index (χ2v) is 8.66. The molecule has 8 heteroatoms. The zero-order valence-electron chi connectivity index (χ0n) is 17.0. The van der Waals surface area contributed by atoms with Crippen LogP contribution < -0.4 is 5.32 Å². The predicted molar refractivity (Wildman–Crippen MR) is 104 cm³/mol. The van der Waals surface area contributed by atoms with Crippen molar-refractivity contribution in [1.29, 1.82) is 10.5 Å². The maximum atomic E-state index is 13.4. The molecule has 152 valence electrons. The third kappa shape index (κ3) is 2.90. The minimum Gasteiger partial charge on any atom is -0.379 e. The first-order valence-electron chi connectivity index (χ1n) is 10.3. The Morgan fingerprint density at radius 3 is 2.62 bits per heavy atom. The number of aromatic nitrogens is 2. The number of nitrogens with one attached hydrogen (secondary N) is 1. The fourth-order valence-corrected chi connectivity index (χ4v) is 5.40. The van der Waals surface area contributed by atoms with Crippen molar-refractivity contribution in [3.63, 3.8) is 0 Å². The summed E-state index contributed by atoms with van der Waals surface area (Å²) >= 11 is 0. The van der Waals surface area contributed by atoms with Gasteiger partial charge >= 0.3 is 0 Å². The summed E-state index contributed by atoms with van der Waals surface area (Å²) in [6, 6.07) is 3.93. The third-order valence-corrected chi connectivity index (χ3v) is 7.08. The first-order valence-corrected chi connectivity index (χ1v) is 10.3. The largest absolute Gasteiger partial charge is 0.379 e. The molecule has 8 nitrogen and oxygen atoms in total. The Balaban J connectivity index is 1.54. The van der Waals surface area contributed by atoms with Crippen LogP contribution in [0.25, 0.3) is 0 Å². The van der Waals surface area contributed by atoms with E-state index in [1.807, 2.05) is 12.1 Å². The number of carbonyl (C=O) groups excluding carboxylic acids is 1. The average molecular weight is 394 g/mol. The number of rotatable bonds is 5. The molecular formula is C21H26N6O2. The van der Waals surface area contributed by atoms with Gasteiger partial charge in [-0.3, -0.25) is 9.69 Å². The van der Waals surface area contributed by atoms with Crippen LogP contribution in [0.3, 0.4) is 0 Å². The molecule has 3 aliphatic rings. The molecule has 1 N–H and O–H groups in total. The van der Waals surface area contributed by atoms with Crippen molar-refractivity contribution in [2.45, 2.75) is 44.4 Å². The minimum absolute atomic E-state index is 0.00842. The standard InChI is InChI=1S/C21H26N6O2/c1-20(2)14-4-5-21(20,18-17(14)25-15(12-22)16(13-23)26-18)19(28)24-6-3-7-27-8-10-29-11-9-27/h14H,3-11H2,1-2H3,(H,24,28). The summed E-state index contributed by atoms with van der Waals surface area (Å²) in [6.07, 6.45) is 2.41. The molecule has 0 spiro atoms. The average Bonchev–Trinajstić information content (AvgIpc) is 3.12. The molecule has 1 saturated carbocycles. The molecular weight excluding hydrogens is 368 g/mol. The lowest BCUT2D eigenvalue weighted by Gasteiger charge is -2.36. The van der Waals surface area contributed by atoms with Gasteiger partial charge in [0.1, 0.15) is 12.1 Å². The molecule has 1 aromatic rings. The van der Waals surface area contributed by atoms with Gasteiger partial charge in [0.15, 0.2) is 11.4 Å². The zero-order valence-corrected chi connectivity index (χ0v) is 17.0. The van der Waals surface area contributed by atoms with E-state index < -0.39 is 5.41 Å². The molecule has 2 bridgehead atoms. The van der Waals surface area contributed by atoms with Crippen LogP contribution in [0.1, 0.15) is 61.8 Å². The van der Waals surface area contributed by atoms with Crippen molar-refractivity contribution in [2.75, 3.05) is 39.4 Å². The summed E-state index contributed by atoms with van der Waals surface area (Å²) < 4.78 is 5.37. The van der Waals surface area contributed by atoms with Gasteiger partial charge in [-0.2, -0.15) is 10.5 Å². The van der Waals surface area contributed by atoms with E-state index in [1.54, 1.807) is 0 Å². The van der Waals surface area contributed by atoms with Gasteiger partial charge in [0.05, 0.1) is 30.0 Å². The number of morpholine rings is 1. The number of hydrogen-bond acceptors (Lipinski definition) is 7. The molecule has 2 unspecified atom stereocenters. The van der Waals surface area contributed by atoms with Gasteiger partial charge in [-0.1, -0.05) is 13.8 Å². The molecule has 2 atom stereocenters. The monoisotopic (exact) mass is 394 g/mol. The van der Waals surface area contributed by atoms with E-state index >= 15 is 0 Å². The number of nitriles is 2. The molecule has 1 aromatic heterocycles. The van der Waals surface area contributed by atoms with Gasteiger partial charge in [0, 0.05) is 25.6 Å². The van der Waals surface area contributed by atoms with Crippen LogP contribution in [0, 0.1) is 28.1 Å². The van der Waals surface area contributed by atoms with Crippen LogP contribution >= 0.6 is 0 Å². The Hall–Kier alpha value is -2.55. The highest BCUT2D eigenvalue weighted by Gasteiger charge is 2.67. The summed E-state index contributed by atoms with van der Waals surface area (Å²) in [5.74, 6) is 0.0394. The van der Waals surface area contributed by atoms with Crippen LogP contribution in [-0.4, -0.2) is 60.2 Å². The first-order chi connectivity index (χ1) is 14.0. The van der Waals surface area contributed by atoms with Gasteiger partial charge in [0.25, 0.3) is 0 Å². The quantitative estimate of drug-likeness (QED) is 0.747. The highest BCUT2D eigenvalue weighted by atomic mass is 16.5. The van der Waals surface area contributed by atoms with E-state index in [0.29, 0.717) is 18.7 Å². The summed E-state index contributed by atoms with van der Waals surface area (Å²) in [4.78, 5) is 24.7. The van der Waals surface area contributed by atoms with Gasteiger partial charge < -0.3 is 10.1 Å². The van der Waals surface area contributed by atoms with E-state index in [2.05, 4.69) is 34.0 Å². The number of ether oxygens (including phenoxy) is 1. The maximum absolute atomic E-state index is 13.4. The molecule has 1 saturated heterocycles. The maximum Gasteiger partial charge on any atom is 0.232 e. The summed E-state index contributed by atoms with van der Waals surface area (Å²) in [5.41, 5.74) is 0.230. The third-order valence-electron chi connectivity index (χ3n) is 7.08. The number of hydrogen-bond donors (Lipinski definition) is 1. The molecule has 2 aliphatic carbocycles. The number of fused-ring (bicyclic) bond motifs is 5. The van der Waals surface area contributed by atoms with Crippen LogP contribution in [0.2, 0.25) is 0 Å². The van der Waals surface area contributed by atoms with Crippen LogP contribution in [0.15, 0.2) is 0 Å². The lowest BCUT2D eigenvalue weighted by atomic mass is 9.67. The Morgan fingerprint density at radius 1 is 1.24 bits per heavy atom. The number of carbonyl (C=O) groups is 1. The fraction of sp³-hybridized carbons (Fsp3) is 0.667. The summed E-state index contributed by atoms with van der Waals surface area (Å²) in [6.45, 7) is 9.12. The topological polar surface area (TPSA) is 115 Å². The Morgan fingerprint density at radius 2 is 1.93 bits per heavy atom. The van der Waals surface area contributed by atoms with Gasteiger partial charge in [0.2, 0.25) is 5.91 Å². The lowest BCUT2D eigenvalue weighted by molar-refractivity contribution is -0.130. The van der Waals surface area contributed by atoms with E-state index in [4.69, 9.17) is 4.74 Å². The summed E-state index contributed by atoms with van der Waals surface area (Å²) in [7, 11) is 0. The number of amides is 1. The molecule has 1 aliphatic heterocycles. The van der Waals surface area contributed by atoms with Gasteiger partial charge in [-0.15, -0.1) is 0 Å². The first kappa shape index (κ1) is 19.8. The predicted octanol–water partition coefficient (Wildman–Crippen LogP) is 1.21. The van der Waals surface area contributed by atoms with Crippen LogP contribution in [-0.2, 0) is 14.9 Å².